The fraction of sp³-hybridized carbons (Fsp3) is 0.286. The Labute approximate surface area is 127 Å². The molecule has 1 N–H and O–H groups in total. The number of hydrogen-bond donors (Lipinski definition) is 1. The smallest absolute Gasteiger partial charge is 0.198 e. The van der Waals surface area contributed by atoms with Crippen LogP contribution < -0.4 is 5.32 Å². The first-order chi connectivity index (χ1) is 9.15. The van der Waals surface area contributed by atoms with Crippen LogP contribution in [0.15, 0.2) is 34.9 Å². The van der Waals surface area contributed by atoms with E-state index in [1.54, 1.807) is 12.3 Å². The van der Waals surface area contributed by atoms with Crippen LogP contribution in [0.1, 0.15) is 30.5 Å². The van der Waals surface area contributed by atoms with Crippen LogP contribution in [-0.4, -0.2) is 6.54 Å². The molecule has 0 bridgehead atoms. The maximum atomic E-state index is 6.29. The minimum absolute atomic E-state index is 0.127. The Morgan fingerprint density at radius 2 is 1.95 bits per heavy atom. The summed E-state index contributed by atoms with van der Waals surface area (Å²) < 4.78 is 5.17. The molecule has 0 radical (unpaired) electrons. The largest absolute Gasteiger partial charge is 0.453 e. The molecule has 0 spiro atoms. The topological polar surface area (TPSA) is 25.2 Å². The summed E-state index contributed by atoms with van der Waals surface area (Å²) in [5, 5.41) is 4.84. The second-order valence-electron chi connectivity index (χ2n) is 4.18. The third-order valence-corrected chi connectivity index (χ3v) is 3.99. The van der Waals surface area contributed by atoms with Gasteiger partial charge in [-0.2, -0.15) is 0 Å². The van der Waals surface area contributed by atoms with Crippen molar-refractivity contribution in [3.05, 3.63) is 56.9 Å². The van der Waals surface area contributed by atoms with Crippen molar-refractivity contribution in [2.24, 2.45) is 0 Å². The average Bonchev–Trinajstić information content (AvgIpc) is 2.81. The molecule has 1 heterocycles. The number of furan rings is 1. The van der Waals surface area contributed by atoms with Crippen molar-refractivity contribution in [3.8, 4) is 0 Å². The van der Waals surface area contributed by atoms with E-state index in [2.05, 4.69) is 12.2 Å². The minimum atomic E-state index is -0.127. The molecule has 5 heteroatoms. The first kappa shape index (κ1) is 14.7. The Hall–Kier alpha value is -0.670. The highest BCUT2D eigenvalue weighted by atomic mass is 35.5. The number of rotatable bonds is 5. The summed E-state index contributed by atoms with van der Waals surface area (Å²) in [5.74, 6) is 0. The minimum Gasteiger partial charge on any atom is -0.453 e. The summed E-state index contributed by atoms with van der Waals surface area (Å²) in [6.45, 7) is 2.94. The molecule has 1 atom stereocenters. The van der Waals surface area contributed by atoms with Crippen LogP contribution in [0.25, 0.3) is 0 Å². The van der Waals surface area contributed by atoms with Gasteiger partial charge in [-0.15, -0.1) is 0 Å². The predicted molar refractivity (Wildman–Crippen MR) is 80.3 cm³/mol. The van der Waals surface area contributed by atoms with Crippen LogP contribution in [0.5, 0.6) is 0 Å². The van der Waals surface area contributed by atoms with Crippen LogP contribution in [0.3, 0.4) is 0 Å². The molecule has 0 fully saturated rings. The molecule has 0 saturated heterocycles. The normalized spacial score (nSPS) is 12.6. The maximum Gasteiger partial charge on any atom is 0.198 e. The highest BCUT2D eigenvalue weighted by Gasteiger charge is 2.21. The second kappa shape index (κ2) is 6.67. The van der Waals surface area contributed by atoms with E-state index in [1.165, 1.54) is 0 Å². The van der Waals surface area contributed by atoms with E-state index in [4.69, 9.17) is 39.2 Å². The van der Waals surface area contributed by atoms with Crippen LogP contribution in [0.2, 0.25) is 15.3 Å². The molecule has 0 aliphatic heterocycles. The van der Waals surface area contributed by atoms with E-state index in [0.717, 1.165) is 24.1 Å². The molecule has 2 aromatic rings. The summed E-state index contributed by atoms with van der Waals surface area (Å²) in [5.41, 5.74) is 1.75. The molecule has 102 valence electrons. The zero-order valence-electron chi connectivity index (χ0n) is 10.4. The average molecular weight is 319 g/mol. The van der Waals surface area contributed by atoms with Gasteiger partial charge in [0.15, 0.2) is 5.22 Å². The fourth-order valence-electron chi connectivity index (χ4n) is 1.93. The Morgan fingerprint density at radius 3 is 2.58 bits per heavy atom. The predicted octanol–water partition coefficient (Wildman–Crippen LogP) is 5.33. The van der Waals surface area contributed by atoms with Gasteiger partial charge in [-0.05, 0) is 42.3 Å². The first-order valence-electron chi connectivity index (χ1n) is 6.05. The molecule has 1 aromatic carbocycles. The molecule has 0 aliphatic carbocycles. The SMILES string of the molecule is CCCNC(c1ccoc1Cl)c1cccc(Cl)c1Cl. The van der Waals surface area contributed by atoms with Gasteiger partial charge in [-0.1, -0.05) is 42.3 Å². The third kappa shape index (κ3) is 3.26. The van der Waals surface area contributed by atoms with E-state index >= 15 is 0 Å². The molecule has 0 aliphatic rings. The van der Waals surface area contributed by atoms with Gasteiger partial charge in [0, 0.05) is 5.56 Å². The lowest BCUT2D eigenvalue weighted by atomic mass is 10.0. The van der Waals surface area contributed by atoms with Gasteiger partial charge in [-0.25, -0.2) is 0 Å². The number of benzene rings is 1. The second-order valence-corrected chi connectivity index (χ2v) is 5.31. The quantitative estimate of drug-likeness (QED) is 0.806. The fourth-order valence-corrected chi connectivity index (χ4v) is 2.57. The molecular weight excluding hydrogens is 305 g/mol. The Bertz CT molecular complexity index is 553. The highest BCUT2D eigenvalue weighted by molar-refractivity contribution is 6.42. The van der Waals surface area contributed by atoms with Crippen molar-refractivity contribution in [2.45, 2.75) is 19.4 Å². The molecular formula is C14H14Cl3NO. The maximum absolute atomic E-state index is 6.29. The van der Waals surface area contributed by atoms with Crippen LogP contribution >= 0.6 is 34.8 Å². The van der Waals surface area contributed by atoms with Crippen LogP contribution in [0, 0.1) is 0 Å². The van der Waals surface area contributed by atoms with E-state index in [9.17, 15) is 0 Å². The van der Waals surface area contributed by atoms with Crippen molar-refractivity contribution in [1.82, 2.24) is 5.32 Å². The summed E-state index contributed by atoms with van der Waals surface area (Å²) in [4.78, 5) is 0. The molecule has 0 amide bonds. The van der Waals surface area contributed by atoms with Crippen molar-refractivity contribution < 1.29 is 4.42 Å². The van der Waals surface area contributed by atoms with Gasteiger partial charge in [0.05, 0.1) is 22.4 Å². The first-order valence-corrected chi connectivity index (χ1v) is 7.18. The van der Waals surface area contributed by atoms with Gasteiger partial charge in [0.2, 0.25) is 0 Å². The van der Waals surface area contributed by atoms with Crippen molar-refractivity contribution in [2.75, 3.05) is 6.54 Å². The van der Waals surface area contributed by atoms with E-state index in [-0.39, 0.29) is 6.04 Å². The Kier molecular flexibility index (Phi) is 5.17. The van der Waals surface area contributed by atoms with Crippen LogP contribution in [0.4, 0.5) is 0 Å². The third-order valence-electron chi connectivity index (χ3n) is 2.85. The monoisotopic (exact) mass is 317 g/mol. The van der Waals surface area contributed by atoms with E-state index < -0.39 is 0 Å². The summed E-state index contributed by atoms with van der Waals surface area (Å²) in [6, 6.07) is 7.29. The standard InChI is InChI=1S/C14H14Cl3NO/c1-2-7-18-13(10-6-8-19-14(10)17)9-4-3-5-11(15)12(9)16/h3-6,8,13,18H,2,7H2,1H3. The lowest BCUT2D eigenvalue weighted by Crippen LogP contribution is -2.23. The molecule has 2 nitrogen and oxygen atoms in total. The molecule has 2 rings (SSSR count). The number of nitrogens with one attached hydrogen (secondary N) is 1. The lowest BCUT2D eigenvalue weighted by Gasteiger charge is -2.19. The zero-order valence-corrected chi connectivity index (χ0v) is 12.7. The van der Waals surface area contributed by atoms with E-state index in [1.807, 2.05) is 18.2 Å². The van der Waals surface area contributed by atoms with Gasteiger partial charge in [-0.3, -0.25) is 0 Å². The Balaban J connectivity index is 2.43. The zero-order chi connectivity index (χ0) is 13.8. The number of hydrogen-bond acceptors (Lipinski definition) is 2. The highest BCUT2D eigenvalue weighted by Crippen LogP contribution is 2.36. The molecule has 0 saturated carbocycles. The van der Waals surface area contributed by atoms with Gasteiger partial charge < -0.3 is 9.73 Å². The molecule has 19 heavy (non-hydrogen) atoms. The van der Waals surface area contributed by atoms with Gasteiger partial charge in [0.1, 0.15) is 0 Å². The summed E-state index contributed by atoms with van der Waals surface area (Å²) >= 11 is 18.4. The van der Waals surface area contributed by atoms with Crippen molar-refractivity contribution >= 4 is 34.8 Å². The summed E-state index contributed by atoms with van der Waals surface area (Å²) in [6.07, 6.45) is 2.57. The lowest BCUT2D eigenvalue weighted by molar-refractivity contribution is 0.550. The van der Waals surface area contributed by atoms with Crippen molar-refractivity contribution in [3.63, 3.8) is 0 Å². The number of halogens is 3. The molecule has 1 aromatic heterocycles. The van der Waals surface area contributed by atoms with E-state index in [0.29, 0.717) is 15.3 Å². The van der Waals surface area contributed by atoms with Gasteiger partial charge in [0.25, 0.3) is 0 Å². The molecule has 1 unspecified atom stereocenters. The summed E-state index contributed by atoms with van der Waals surface area (Å²) in [7, 11) is 0. The van der Waals surface area contributed by atoms with Crippen LogP contribution in [-0.2, 0) is 0 Å². The van der Waals surface area contributed by atoms with Crippen molar-refractivity contribution in [1.29, 1.82) is 0 Å². The Morgan fingerprint density at radius 1 is 1.16 bits per heavy atom. The van der Waals surface area contributed by atoms with Gasteiger partial charge >= 0.3 is 0 Å².